The highest BCUT2D eigenvalue weighted by Gasteiger charge is 2.08. The van der Waals surface area contributed by atoms with Crippen LogP contribution in [-0.2, 0) is 11.3 Å². The SMILES string of the molecule is CCCOCc1nc(C(=O)CCl)cs1. The van der Waals surface area contributed by atoms with Crippen LogP contribution in [-0.4, -0.2) is 23.3 Å². The molecule has 0 fully saturated rings. The van der Waals surface area contributed by atoms with Crippen LogP contribution in [0.25, 0.3) is 0 Å². The van der Waals surface area contributed by atoms with Gasteiger partial charge in [0.2, 0.25) is 0 Å². The molecule has 0 N–H and O–H groups in total. The highest BCUT2D eigenvalue weighted by atomic mass is 35.5. The Morgan fingerprint density at radius 2 is 2.50 bits per heavy atom. The largest absolute Gasteiger partial charge is 0.374 e. The molecule has 0 radical (unpaired) electrons. The van der Waals surface area contributed by atoms with Crippen molar-refractivity contribution in [2.24, 2.45) is 0 Å². The smallest absolute Gasteiger partial charge is 0.196 e. The van der Waals surface area contributed by atoms with Crippen molar-refractivity contribution in [1.82, 2.24) is 4.98 Å². The molecule has 1 heterocycles. The molecule has 0 aliphatic carbocycles. The van der Waals surface area contributed by atoms with E-state index in [2.05, 4.69) is 4.98 Å². The Hall–Kier alpha value is -0.450. The van der Waals surface area contributed by atoms with Gasteiger partial charge in [-0.2, -0.15) is 0 Å². The lowest BCUT2D eigenvalue weighted by Crippen LogP contribution is -2.01. The molecule has 0 spiro atoms. The Morgan fingerprint density at radius 3 is 3.14 bits per heavy atom. The number of ketones is 1. The van der Waals surface area contributed by atoms with Gasteiger partial charge in [-0.05, 0) is 6.42 Å². The summed E-state index contributed by atoms with van der Waals surface area (Å²) >= 11 is 6.83. The summed E-state index contributed by atoms with van der Waals surface area (Å²) in [6.45, 7) is 3.25. The maximum atomic E-state index is 11.1. The van der Waals surface area contributed by atoms with Crippen LogP contribution in [0.1, 0.15) is 28.8 Å². The number of carbonyl (C=O) groups is 1. The van der Waals surface area contributed by atoms with Crippen molar-refractivity contribution in [3.05, 3.63) is 16.1 Å². The predicted octanol–water partition coefficient (Wildman–Crippen LogP) is 2.49. The summed E-state index contributed by atoms with van der Waals surface area (Å²) < 4.78 is 5.30. The Balaban J connectivity index is 2.46. The van der Waals surface area contributed by atoms with E-state index in [1.807, 2.05) is 6.92 Å². The Labute approximate surface area is 92.1 Å². The van der Waals surface area contributed by atoms with E-state index in [-0.39, 0.29) is 11.7 Å². The first-order chi connectivity index (χ1) is 6.77. The van der Waals surface area contributed by atoms with Crippen LogP contribution in [0.3, 0.4) is 0 Å². The van der Waals surface area contributed by atoms with Crippen LogP contribution in [0, 0.1) is 0 Å². The summed E-state index contributed by atoms with van der Waals surface area (Å²) in [5.74, 6) is -0.149. The number of Topliss-reactive ketones (excluding diaryl/α,β-unsaturated/α-hetero) is 1. The zero-order valence-corrected chi connectivity index (χ0v) is 9.53. The van der Waals surface area contributed by atoms with Crippen molar-refractivity contribution in [2.75, 3.05) is 12.5 Å². The van der Waals surface area contributed by atoms with Crippen molar-refractivity contribution in [2.45, 2.75) is 20.0 Å². The van der Waals surface area contributed by atoms with Gasteiger partial charge < -0.3 is 4.74 Å². The van der Waals surface area contributed by atoms with Crippen LogP contribution < -0.4 is 0 Å². The highest BCUT2D eigenvalue weighted by Crippen LogP contribution is 2.11. The van der Waals surface area contributed by atoms with Crippen LogP contribution in [0.2, 0.25) is 0 Å². The Bertz CT molecular complexity index is 301. The minimum Gasteiger partial charge on any atom is -0.374 e. The maximum absolute atomic E-state index is 11.1. The molecule has 0 aliphatic heterocycles. The molecule has 0 atom stereocenters. The average molecular weight is 234 g/mol. The van der Waals surface area contributed by atoms with E-state index in [1.165, 1.54) is 11.3 Å². The number of halogens is 1. The third-order valence-electron chi connectivity index (χ3n) is 1.53. The van der Waals surface area contributed by atoms with Crippen molar-refractivity contribution < 1.29 is 9.53 Å². The van der Waals surface area contributed by atoms with Gasteiger partial charge >= 0.3 is 0 Å². The lowest BCUT2D eigenvalue weighted by molar-refractivity contribution is 0.101. The number of nitrogens with zero attached hydrogens (tertiary/aromatic N) is 1. The zero-order chi connectivity index (χ0) is 10.4. The van der Waals surface area contributed by atoms with Gasteiger partial charge in [0.1, 0.15) is 10.7 Å². The maximum Gasteiger partial charge on any atom is 0.196 e. The minimum atomic E-state index is -0.135. The topological polar surface area (TPSA) is 39.2 Å². The van der Waals surface area contributed by atoms with Crippen LogP contribution >= 0.6 is 22.9 Å². The molecule has 0 bridgehead atoms. The summed E-state index contributed by atoms with van der Waals surface area (Å²) in [6.07, 6.45) is 0.985. The minimum absolute atomic E-state index is 0.0149. The molecule has 0 saturated heterocycles. The van der Waals surface area contributed by atoms with Crippen molar-refractivity contribution in [3.8, 4) is 0 Å². The fourth-order valence-electron chi connectivity index (χ4n) is 0.878. The normalized spacial score (nSPS) is 10.4. The summed E-state index contributed by atoms with van der Waals surface area (Å²) in [6, 6.07) is 0. The molecule has 1 aromatic rings. The molecule has 0 amide bonds. The lowest BCUT2D eigenvalue weighted by atomic mass is 10.3. The third kappa shape index (κ3) is 3.36. The van der Waals surface area contributed by atoms with E-state index >= 15 is 0 Å². The Kier molecular flexibility index (Phi) is 5.07. The second-order valence-corrected chi connectivity index (χ2v) is 3.95. The number of carbonyl (C=O) groups excluding carboxylic acids is 1. The number of ether oxygens (including phenoxy) is 1. The van der Waals surface area contributed by atoms with E-state index in [9.17, 15) is 4.79 Å². The predicted molar refractivity (Wildman–Crippen MR) is 57.1 cm³/mol. The molecule has 0 saturated carbocycles. The molecule has 1 aromatic heterocycles. The number of alkyl halides is 1. The fraction of sp³-hybridized carbons (Fsp3) is 0.556. The Morgan fingerprint density at radius 1 is 1.71 bits per heavy atom. The van der Waals surface area contributed by atoms with Crippen molar-refractivity contribution in [3.63, 3.8) is 0 Å². The van der Waals surface area contributed by atoms with Crippen molar-refractivity contribution in [1.29, 1.82) is 0 Å². The molecule has 0 aliphatic rings. The van der Waals surface area contributed by atoms with Crippen LogP contribution in [0.5, 0.6) is 0 Å². The van der Waals surface area contributed by atoms with Gasteiger partial charge in [-0.1, -0.05) is 6.92 Å². The molecule has 78 valence electrons. The molecule has 1 rings (SSSR count). The van der Waals surface area contributed by atoms with Crippen LogP contribution in [0.4, 0.5) is 0 Å². The van der Waals surface area contributed by atoms with Crippen LogP contribution in [0.15, 0.2) is 5.38 Å². The number of hydrogen-bond acceptors (Lipinski definition) is 4. The number of hydrogen-bond donors (Lipinski definition) is 0. The van der Waals surface area contributed by atoms with Gasteiger partial charge in [0, 0.05) is 12.0 Å². The lowest BCUT2D eigenvalue weighted by Gasteiger charge is -1.97. The van der Waals surface area contributed by atoms with E-state index in [0.717, 1.165) is 18.0 Å². The number of aromatic nitrogens is 1. The molecule has 0 unspecified atom stereocenters. The molecule has 3 nitrogen and oxygen atoms in total. The van der Waals surface area contributed by atoms with Gasteiger partial charge in [-0.3, -0.25) is 4.79 Å². The van der Waals surface area contributed by atoms with Gasteiger partial charge in [-0.15, -0.1) is 22.9 Å². The second kappa shape index (κ2) is 6.11. The van der Waals surface area contributed by atoms with E-state index < -0.39 is 0 Å². The van der Waals surface area contributed by atoms with Gasteiger partial charge in [0.15, 0.2) is 5.78 Å². The molecular formula is C9H12ClNO2S. The average Bonchev–Trinajstić information content (AvgIpc) is 2.66. The summed E-state index contributed by atoms with van der Waals surface area (Å²) in [4.78, 5) is 15.2. The zero-order valence-electron chi connectivity index (χ0n) is 7.96. The third-order valence-corrected chi connectivity index (χ3v) is 2.60. The van der Waals surface area contributed by atoms with E-state index in [1.54, 1.807) is 5.38 Å². The van der Waals surface area contributed by atoms with Crippen molar-refractivity contribution >= 4 is 28.7 Å². The van der Waals surface area contributed by atoms with E-state index in [4.69, 9.17) is 16.3 Å². The standard InChI is InChI=1S/C9H12ClNO2S/c1-2-3-13-5-9-11-7(6-14-9)8(12)4-10/h6H,2-5H2,1H3. The number of thiazole rings is 1. The molecule has 5 heteroatoms. The fourth-order valence-corrected chi connectivity index (χ4v) is 1.75. The first-order valence-corrected chi connectivity index (χ1v) is 5.80. The van der Waals surface area contributed by atoms with Gasteiger partial charge in [0.25, 0.3) is 0 Å². The molecule has 0 aromatic carbocycles. The first-order valence-electron chi connectivity index (χ1n) is 4.39. The summed E-state index contributed by atoms with van der Waals surface area (Å²) in [5, 5.41) is 2.54. The van der Waals surface area contributed by atoms with Gasteiger partial charge in [0.05, 0.1) is 12.5 Å². The van der Waals surface area contributed by atoms with Gasteiger partial charge in [-0.25, -0.2) is 4.98 Å². The quantitative estimate of drug-likeness (QED) is 0.431. The first kappa shape index (κ1) is 11.6. The highest BCUT2D eigenvalue weighted by molar-refractivity contribution is 7.09. The van der Waals surface area contributed by atoms with E-state index in [0.29, 0.717) is 12.3 Å². The summed E-state index contributed by atoms with van der Waals surface area (Å²) in [5.41, 5.74) is 0.445. The second-order valence-electron chi connectivity index (χ2n) is 2.74. The molecule has 14 heavy (non-hydrogen) atoms. The number of rotatable bonds is 6. The summed E-state index contributed by atoms with van der Waals surface area (Å²) in [7, 11) is 0. The monoisotopic (exact) mass is 233 g/mol. The molecular weight excluding hydrogens is 222 g/mol.